The highest BCUT2D eigenvalue weighted by molar-refractivity contribution is 7.98. The van der Waals surface area contributed by atoms with Crippen LogP contribution in [0.5, 0.6) is 5.75 Å². The van der Waals surface area contributed by atoms with Crippen molar-refractivity contribution in [3.05, 3.63) is 59.7 Å². The summed E-state index contributed by atoms with van der Waals surface area (Å²) in [5.41, 5.74) is 2.59. The van der Waals surface area contributed by atoms with Gasteiger partial charge in [-0.25, -0.2) is 0 Å². The highest BCUT2D eigenvalue weighted by atomic mass is 32.2. The maximum absolute atomic E-state index is 12.2. The minimum Gasteiger partial charge on any atom is -0.497 e. The van der Waals surface area contributed by atoms with Gasteiger partial charge in [0.15, 0.2) is 0 Å². The molecule has 1 aliphatic heterocycles. The van der Waals surface area contributed by atoms with Gasteiger partial charge in [-0.2, -0.15) is 0 Å². The van der Waals surface area contributed by atoms with Crippen LogP contribution in [0.25, 0.3) is 0 Å². The molecule has 1 fully saturated rings. The molecule has 1 amide bonds. The van der Waals surface area contributed by atoms with Gasteiger partial charge in [0.1, 0.15) is 5.75 Å². The van der Waals surface area contributed by atoms with Gasteiger partial charge in [0, 0.05) is 24.4 Å². The molecular formula is C24H32N2O2S. The highest BCUT2D eigenvalue weighted by Gasteiger charge is 2.20. The van der Waals surface area contributed by atoms with Crippen molar-refractivity contribution in [2.24, 2.45) is 5.92 Å². The lowest BCUT2D eigenvalue weighted by atomic mass is 9.96. The molecule has 29 heavy (non-hydrogen) atoms. The van der Waals surface area contributed by atoms with E-state index < -0.39 is 0 Å². The first-order chi connectivity index (χ1) is 14.2. The highest BCUT2D eigenvalue weighted by Crippen LogP contribution is 2.24. The van der Waals surface area contributed by atoms with Crippen molar-refractivity contribution in [2.75, 3.05) is 33.0 Å². The van der Waals surface area contributed by atoms with Crippen LogP contribution in [0.4, 0.5) is 0 Å². The average molecular weight is 413 g/mol. The van der Waals surface area contributed by atoms with Crippen LogP contribution in [0.2, 0.25) is 0 Å². The Bertz CT molecular complexity index is 771. The number of thioether (sulfide) groups is 1. The van der Waals surface area contributed by atoms with Crippen molar-refractivity contribution in [3.63, 3.8) is 0 Å². The van der Waals surface area contributed by atoms with Crippen molar-refractivity contribution >= 4 is 17.7 Å². The van der Waals surface area contributed by atoms with Gasteiger partial charge >= 0.3 is 0 Å². The molecule has 156 valence electrons. The fraction of sp³-hybridized carbons (Fsp3) is 0.458. The number of likely N-dealkylation sites (tertiary alicyclic amines) is 1. The maximum Gasteiger partial charge on any atom is 0.220 e. The molecule has 0 aliphatic carbocycles. The normalized spacial score (nSPS) is 15.2. The Morgan fingerprint density at radius 2 is 1.86 bits per heavy atom. The molecule has 2 aromatic carbocycles. The van der Waals surface area contributed by atoms with E-state index in [4.69, 9.17) is 4.74 Å². The van der Waals surface area contributed by atoms with Gasteiger partial charge in [-0.15, -0.1) is 11.8 Å². The molecule has 0 spiro atoms. The van der Waals surface area contributed by atoms with Crippen LogP contribution in [0.15, 0.2) is 53.4 Å². The molecule has 1 aliphatic rings. The zero-order valence-corrected chi connectivity index (χ0v) is 18.3. The summed E-state index contributed by atoms with van der Waals surface area (Å²) in [6.07, 6.45) is 5.75. The number of aryl methyl sites for hydroxylation is 1. The molecule has 0 radical (unpaired) electrons. The molecular weight excluding hydrogens is 380 g/mol. The molecule has 0 unspecified atom stereocenters. The summed E-state index contributed by atoms with van der Waals surface area (Å²) in [7, 11) is 1.66. The van der Waals surface area contributed by atoms with E-state index in [2.05, 4.69) is 40.7 Å². The average Bonchev–Trinajstić information content (AvgIpc) is 2.78. The van der Waals surface area contributed by atoms with E-state index in [1.54, 1.807) is 7.11 Å². The van der Waals surface area contributed by atoms with Crippen molar-refractivity contribution in [1.29, 1.82) is 0 Å². The minimum atomic E-state index is 0.150. The van der Waals surface area contributed by atoms with E-state index in [9.17, 15) is 4.79 Å². The fourth-order valence-electron chi connectivity index (χ4n) is 3.82. The van der Waals surface area contributed by atoms with E-state index >= 15 is 0 Å². The molecule has 0 atom stereocenters. The fourth-order valence-corrected chi connectivity index (χ4v) is 4.43. The van der Waals surface area contributed by atoms with Gasteiger partial charge < -0.3 is 10.1 Å². The minimum absolute atomic E-state index is 0.150. The Labute approximate surface area is 179 Å². The molecule has 5 heteroatoms. The van der Waals surface area contributed by atoms with Crippen LogP contribution in [0, 0.1) is 5.92 Å². The standard InChI is InChI=1S/C24H32N2O2S/c1-28-22-10-7-19(8-11-22)9-12-24(27)25-17-20-13-15-26(16-14-20)18-21-5-3-4-6-23(21)29-2/h3-8,10-11,20H,9,12-18H2,1-2H3,(H,25,27). The molecule has 2 aromatic rings. The number of piperidine rings is 1. The third-order valence-corrected chi connectivity index (χ3v) is 6.52. The Balaban J connectivity index is 1.34. The number of benzene rings is 2. The molecule has 4 nitrogen and oxygen atoms in total. The van der Waals surface area contributed by atoms with Crippen LogP contribution in [-0.4, -0.2) is 43.8 Å². The number of nitrogens with zero attached hydrogens (tertiary/aromatic N) is 1. The Kier molecular flexibility index (Phi) is 8.44. The zero-order chi connectivity index (χ0) is 20.5. The number of carbonyl (C=O) groups is 1. The van der Waals surface area contributed by atoms with Crippen molar-refractivity contribution in [3.8, 4) is 5.75 Å². The summed E-state index contributed by atoms with van der Waals surface area (Å²) in [4.78, 5) is 16.1. The molecule has 1 heterocycles. The SMILES string of the molecule is COc1ccc(CCC(=O)NCC2CCN(Cc3ccccc3SC)CC2)cc1. The summed E-state index contributed by atoms with van der Waals surface area (Å²) >= 11 is 1.82. The monoisotopic (exact) mass is 412 g/mol. The third-order valence-electron chi connectivity index (χ3n) is 5.68. The predicted molar refractivity (Wildman–Crippen MR) is 121 cm³/mol. The lowest BCUT2D eigenvalue weighted by Crippen LogP contribution is -2.38. The number of rotatable bonds is 9. The maximum atomic E-state index is 12.2. The van der Waals surface area contributed by atoms with E-state index in [0.29, 0.717) is 12.3 Å². The Morgan fingerprint density at radius 1 is 1.14 bits per heavy atom. The lowest BCUT2D eigenvalue weighted by molar-refractivity contribution is -0.121. The van der Waals surface area contributed by atoms with Crippen molar-refractivity contribution in [1.82, 2.24) is 10.2 Å². The molecule has 1 N–H and O–H groups in total. The lowest BCUT2D eigenvalue weighted by Gasteiger charge is -2.32. The van der Waals surface area contributed by atoms with Crippen molar-refractivity contribution < 1.29 is 9.53 Å². The topological polar surface area (TPSA) is 41.6 Å². The Morgan fingerprint density at radius 3 is 2.55 bits per heavy atom. The molecule has 0 aromatic heterocycles. The van der Waals surface area contributed by atoms with Crippen LogP contribution >= 0.6 is 11.8 Å². The summed E-state index contributed by atoms with van der Waals surface area (Å²) in [6.45, 7) is 4.04. The number of ether oxygens (including phenoxy) is 1. The van der Waals surface area contributed by atoms with Gasteiger partial charge in [-0.1, -0.05) is 30.3 Å². The third kappa shape index (κ3) is 6.79. The molecule has 0 saturated carbocycles. The van der Waals surface area contributed by atoms with E-state index in [-0.39, 0.29) is 5.91 Å². The van der Waals surface area contributed by atoms with Crippen molar-refractivity contribution in [2.45, 2.75) is 37.1 Å². The first-order valence-corrected chi connectivity index (χ1v) is 11.6. The predicted octanol–water partition coefficient (Wildman–Crippen LogP) is 4.38. The summed E-state index contributed by atoms with van der Waals surface area (Å²) < 4.78 is 5.17. The number of amides is 1. The van der Waals surface area contributed by atoms with Crippen LogP contribution in [0.3, 0.4) is 0 Å². The smallest absolute Gasteiger partial charge is 0.220 e. The van der Waals surface area contributed by atoms with E-state index in [1.165, 1.54) is 16.0 Å². The van der Waals surface area contributed by atoms with Crippen LogP contribution in [-0.2, 0) is 17.8 Å². The second-order valence-corrected chi connectivity index (χ2v) is 8.53. The Hall–Kier alpha value is -1.98. The van der Waals surface area contributed by atoms with Gasteiger partial charge in [0.25, 0.3) is 0 Å². The summed E-state index contributed by atoms with van der Waals surface area (Å²) in [5, 5.41) is 3.14. The van der Waals surface area contributed by atoms with Gasteiger partial charge in [-0.3, -0.25) is 9.69 Å². The van der Waals surface area contributed by atoms with E-state index in [1.807, 2.05) is 36.0 Å². The second-order valence-electron chi connectivity index (χ2n) is 7.68. The van der Waals surface area contributed by atoms with Crippen LogP contribution < -0.4 is 10.1 Å². The number of hydrogen-bond acceptors (Lipinski definition) is 4. The van der Waals surface area contributed by atoms with Gasteiger partial charge in [0.2, 0.25) is 5.91 Å². The number of carbonyl (C=O) groups excluding carboxylic acids is 1. The van der Waals surface area contributed by atoms with E-state index in [0.717, 1.165) is 51.2 Å². The number of hydrogen-bond donors (Lipinski definition) is 1. The molecule has 3 rings (SSSR count). The van der Waals surface area contributed by atoms with Gasteiger partial charge in [-0.05, 0) is 73.9 Å². The molecule has 0 bridgehead atoms. The first kappa shape index (κ1) is 21.7. The summed E-state index contributed by atoms with van der Waals surface area (Å²) in [6, 6.07) is 16.6. The number of methoxy groups -OCH3 is 1. The largest absolute Gasteiger partial charge is 0.497 e. The number of nitrogens with one attached hydrogen (secondary N) is 1. The first-order valence-electron chi connectivity index (χ1n) is 10.4. The van der Waals surface area contributed by atoms with Gasteiger partial charge in [0.05, 0.1) is 7.11 Å². The quantitative estimate of drug-likeness (QED) is 0.621. The second kappa shape index (κ2) is 11.3. The molecule has 1 saturated heterocycles. The summed E-state index contributed by atoms with van der Waals surface area (Å²) in [5.74, 6) is 1.59. The zero-order valence-electron chi connectivity index (χ0n) is 17.5. The van der Waals surface area contributed by atoms with Crippen LogP contribution in [0.1, 0.15) is 30.4 Å².